The van der Waals surface area contributed by atoms with Gasteiger partial charge in [-0.25, -0.2) is 0 Å². The van der Waals surface area contributed by atoms with Crippen molar-refractivity contribution >= 4 is 35.8 Å². The molecule has 0 radical (unpaired) electrons. The predicted molar refractivity (Wildman–Crippen MR) is 159 cm³/mol. The van der Waals surface area contributed by atoms with Crippen molar-refractivity contribution in [3.8, 4) is 0 Å². The van der Waals surface area contributed by atoms with Gasteiger partial charge in [0, 0.05) is 39.0 Å². The quantitative estimate of drug-likeness (QED) is 0.0594. The zero-order valence-corrected chi connectivity index (χ0v) is 26.2. The first kappa shape index (κ1) is 40.7. The Balaban J connectivity index is 3.81. The van der Waals surface area contributed by atoms with Gasteiger partial charge in [-0.15, -0.1) is 0 Å². The average Bonchev–Trinajstić information content (AvgIpc) is 2.98. The number of ether oxygens (including phenoxy) is 4. The van der Waals surface area contributed by atoms with Crippen LogP contribution in [0.1, 0.15) is 96.8 Å². The molecule has 0 fully saturated rings. The molecular weight excluding hydrogens is 580 g/mol. The number of nitrogens with one attached hydrogen (secondary N) is 1. The highest BCUT2D eigenvalue weighted by molar-refractivity contribution is 5.77. The third-order valence-corrected chi connectivity index (χ3v) is 6.31. The standard InChI is InChI=1S/C30H52N2O12/c1-2-3-18-32(20-24-44-28(38)11-7-5-9-22-42-30(40)15-13-26(35)36)19-16-31-17-23-43-27(37)10-6-4-8-21-41-29(39)14-12-25(33)34/h31H,2-24H2,1H3,(H,33,34)(H,35,36). The number of carbonyl (C=O) groups is 6. The number of unbranched alkanes of at least 4 members (excludes halogenated alkanes) is 5. The lowest BCUT2D eigenvalue weighted by molar-refractivity contribution is -0.148. The van der Waals surface area contributed by atoms with Gasteiger partial charge in [-0.05, 0) is 51.5 Å². The van der Waals surface area contributed by atoms with Gasteiger partial charge in [-0.2, -0.15) is 0 Å². The highest BCUT2D eigenvalue weighted by atomic mass is 16.5. The molecule has 0 rings (SSSR count). The van der Waals surface area contributed by atoms with Crippen molar-refractivity contribution in [1.29, 1.82) is 0 Å². The van der Waals surface area contributed by atoms with Crippen LogP contribution in [0.3, 0.4) is 0 Å². The summed E-state index contributed by atoms with van der Waals surface area (Å²) in [5.41, 5.74) is 0. The molecule has 0 bridgehead atoms. The third-order valence-electron chi connectivity index (χ3n) is 6.31. The van der Waals surface area contributed by atoms with Gasteiger partial charge in [0.2, 0.25) is 0 Å². The van der Waals surface area contributed by atoms with Gasteiger partial charge in [0.15, 0.2) is 0 Å². The van der Waals surface area contributed by atoms with Crippen LogP contribution in [0.4, 0.5) is 0 Å². The maximum atomic E-state index is 12.0. The van der Waals surface area contributed by atoms with E-state index in [0.29, 0.717) is 64.8 Å². The summed E-state index contributed by atoms with van der Waals surface area (Å²) in [6.07, 6.45) is 5.68. The second-order valence-corrected chi connectivity index (χ2v) is 10.2. The Morgan fingerprint density at radius 1 is 0.500 bits per heavy atom. The fourth-order valence-corrected chi connectivity index (χ4v) is 3.78. The van der Waals surface area contributed by atoms with Gasteiger partial charge in [0.25, 0.3) is 0 Å². The van der Waals surface area contributed by atoms with Crippen molar-refractivity contribution < 1.29 is 57.9 Å². The molecule has 0 spiro atoms. The number of hydrogen-bond acceptors (Lipinski definition) is 12. The molecular formula is C30H52N2O12. The minimum Gasteiger partial charge on any atom is -0.481 e. The minimum absolute atomic E-state index is 0.143. The van der Waals surface area contributed by atoms with Crippen LogP contribution in [0.25, 0.3) is 0 Å². The molecule has 0 saturated heterocycles. The predicted octanol–water partition coefficient (Wildman–Crippen LogP) is 2.70. The molecule has 0 aromatic carbocycles. The Hall–Kier alpha value is -3.26. The van der Waals surface area contributed by atoms with E-state index >= 15 is 0 Å². The van der Waals surface area contributed by atoms with Crippen molar-refractivity contribution in [2.45, 2.75) is 96.8 Å². The topological polar surface area (TPSA) is 195 Å². The van der Waals surface area contributed by atoms with Gasteiger partial charge in [0.1, 0.15) is 13.2 Å². The Morgan fingerprint density at radius 3 is 1.48 bits per heavy atom. The summed E-state index contributed by atoms with van der Waals surface area (Å²) in [4.78, 5) is 69.6. The van der Waals surface area contributed by atoms with Crippen LogP contribution in [-0.2, 0) is 47.7 Å². The van der Waals surface area contributed by atoms with Crippen molar-refractivity contribution in [2.75, 3.05) is 59.2 Å². The first-order chi connectivity index (χ1) is 21.1. The summed E-state index contributed by atoms with van der Waals surface area (Å²) >= 11 is 0. The molecule has 14 nitrogen and oxygen atoms in total. The van der Waals surface area contributed by atoms with Gasteiger partial charge in [-0.1, -0.05) is 13.3 Å². The molecule has 0 amide bonds. The van der Waals surface area contributed by atoms with Crippen molar-refractivity contribution in [1.82, 2.24) is 10.2 Å². The summed E-state index contributed by atoms with van der Waals surface area (Å²) in [5, 5.41) is 20.3. The molecule has 0 aromatic rings. The normalized spacial score (nSPS) is 10.8. The molecule has 14 heteroatoms. The number of hydrogen-bond donors (Lipinski definition) is 3. The second kappa shape index (κ2) is 28.5. The summed E-state index contributed by atoms with van der Waals surface area (Å²) in [5.74, 6) is -3.70. The Bertz CT molecular complexity index is 837. The lowest BCUT2D eigenvalue weighted by Crippen LogP contribution is -2.36. The molecule has 0 unspecified atom stereocenters. The number of nitrogens with zero attached hydrogens (tertiary/aromatic N) is 1. The molecule has 0 atom stereocenters. The largest absolute Gasteiger partial charge is 0.481 e. The van der Waals surface area contributed by atoms with E-state index < -0.39 is 23.9 Å². The Kier molecular flexibility index (Phi) is 26.4. The first-order valence-electron chi connectivity index (χ1n) is 15.6. The van der Waals surface area contributed by atoms with Gasteiger partial charge in [-0.3, -0.25) is 33.7 Å². The highest BCUT2D eigenvalue weighted by Gasteiger charge is 2.10. The van der Waals surface area contributed by atoms with Crippen LogP contribution in [-0.4, -0.2) is 110 Å². The van der Waals surface area contributed by atoms with E-state index in [4.69, 9.17) is 29.2 Å². The van der Waals surface area contributed by atoms with Crippen molar-refractivity contribution in [2.24, 2.45) is 0 Å². The number of esters is 4. The zero-order valence-electron chi connectivity index (χ0n) is 26.2. The number of carbonyl (C=O) groups excluding carboxylic acids is 4. The number of aliphatic carboxylic acids is 2. The van der Waals surface area contributed by atoms with Gasteiger partial charge in [0.05, 0.1) is 38.9 Å². The van der Waals surface area contributed by atoms with E-state index in [0.717, 1.165) is 25.9 Å². The molecule has 0 aliphatic carbocycles. The lowest BCUT2D eigenvalue weighted by Gasteiger charge is -2.22. The van der Waals surface area contributed by atoms with E-state index in [-0.39, 0.29) is 70.3 Å². The maximum Gasteiger partial charge on any atom is 0.306 e. The molecule has 254 valence electrons. The monoisotopic (exact) mass is 632 g/mol. The van der Waals surface area contributed by atoms with E-state index in [1.54, 1.807) is 0 Å². The molecule has 44 heavy (non-hydrogen) atoms. The van der Waals surface area contributed by atoms with Crippen LogP contribution in [0.2, 0.25) is 0 Å². The van der Waals surface area contributed by atoms with Crippen LogP contribution in [0, 0.1) is 0 Å². The summed E-state index contributed by atoms with van der Waals surface area (Å²) < 4.78 is 20.5. The summed E-state index contributed by atoms with van der Waals surface area (Å²) in [6, 6.07) is 0. The zero-order chi connectivity index (χ0) is 32.8. The highest BCUT2D eigenvalue weighted by Crippen LogP contribution is 2.05. The Labute approximate surface area is 260 Å². The summed E-state index contributed by atoms with van der Waals surface area (Å²) in [7, 11) is 0. The molecule has 3 N–H and O–H groups in total. The number of carboxylic acid groups (broad SMARTS) is 2. The summed E-state index contributed by atoms with van der Waals surface area (Å²) in [6.45, 7) is 6.58. The van der Waals surface area contributed by atoms with Crippen molar-refractivity contribution in [3.63, 3.8) is 0 Å². The van der Waals surface area contributed by atoms with Crippen LogP contribution in [0.5, 0.6) is 0 Å². The lowest BCUT2D eigenvalue weighted by atomic mass is 10.2. The van der Waals surface area contributed by atoms with E-state index in [1.807, 2.05) is 0 Å². The average molecular weight is 633 g/mol. The fraction of sp³-hybridized carbons (Fsp3) is 0.800. The van der Waals surface area contributed by atoms with E-state index in [9.17, 15) is 28.8 Å². The Morgan fingerprint density at radius 2 is 0.977 bits per heavy atom. The molecule has 0 aromatic heterocycles. The van der Waals surface area contributed by atoms with Crippen molar-refractivity contribution in [3.05, 3.63) is 0 Å². The third kappa shape index (κ3) is 28.8. The smallest absolute Gasteiger partial charge is 0.306 e. The molecule has 0 saturated carbocycles. The SMILES string of the molecule is CCCCN(CCNCCOC(=O)CCCCCOC(=O)CCC(=O)O)CCOC(=O)CCCCCOC(=O)CCC(=O)O. The van der Waals surface area contributed by atoms with Gasteiger partial charge < -0.3 is 34.5 Å². The second-order valence-electron chi connectivity index (χ2n) is 10.2. The van der Waals surface area contributed by atoms with Crippen LogP contribution in [0.15, 0.2) is 0 Å². The van der Waals surface area contributed by atoms with Crippen LogP contribution < -0.4 is 5.32 Å². The number of carboxylic acids is 2. The fourth-order valence-electron chi connectivity index (χ4n) is 3.78. The van der Waals surface area contributed by atoms with E-state index in [1.165, 1.54) is 0 Å². The molecule has 0 heterocycles. The molecule has 0 aliphatic heterocycles. The van der Waals surface area contributed by atoms with Gasteiger partial charge >= 0.3 is 35.8 Å². The van der Waals surface area contributed by atoms with Crippen LogP contribution >= 0.6 is 0 Å². The minimum atomic E-state index is -1.04. The maximum absolute atomic E-state index is 12.0. The molecule has 0 aliphatic rings. The van der Waals surface area contributed by atoms with E-state index in [2.05, 4.69) is 17.1 Å². The number of rotatable bonds is 30. The first-order valence-corrected chi connectivity index (χ1v) is 15.6.